The number of hydrogen-bond acceptors (Lipinski definition) is 2. The maximum Gasteiger partial charge on any atom is 0.310 e. The first kappa shape index (κ1) is 16.8. The molecule has 2 atom stereocenters. The largest absolute Gasteiger partial charge is 0.449 e. The quantitative estimate of drug-likeness (QED) is 0.728. The van der Waals surface area contributed by atoms with E-state index in [-0.39, 0.29) is 17.8 Å². The van der Waals surface area contributed by atoms with E-state index in [0.29, 0.717) is 0 Å². The monoisotopic (exact) mass is 322 g/mol. The second kappa shape index (κ2) is 5.77. The van der Waals surface area contributed by atoms with Crippen LogP contribution in [0.5, 0.6) is 0 Å². The van der Waals surface area contributed by atoms with Crippen LogP contribution < -0.4 is 0 Å². The molecule has 0 N–H and O–H groups in total. The number of benzene rings is 2. The Morgan fingerprint density at radius 3 is 1.58 bits per heavy atom. The van der Waals surface area contributed by atoms with Crippen LogP contribution >= 0.6 is 0 Å². The number of rotatable bonds is 2. The molecule has 1 fully saturated rings. The standard InChI is InChI=1S/C22H26O2/c1-13-7-9-19(11-15(13)3)22(18(6)17(5)21(23)24-22)20-10-8-14(2)16(4)12-20/h7-12,17-18H,1-6H3. The van der Waals surface area contributed by atoms with Crippen molar-refractivity contribution in [1.82, 2.24) is 0 Å². The molecule has 1 saturated heterocycles. The highest BCUT2D eigenvalue weighted by atomic mass is 16.6. The van der Waals surface area contributed by atoms with Gasteiger partial charge >= 0.3 is 5.97 Å². The van der Waals surface area contributed by atoms with Crippen LogP contribution in [0.1, 0.15) is 47.2 Å². The van der Waals surface area contributed by atoms with Crippen molar-refractivity contribution in [2.75, 3.05) is 0 Å². The number of carbonyl (C=O) groups excluding carboxylic acids is 1. The van der Waals surface area contributed by atoms with Crippen molar-refractivity contribution in [2.45, 2.75) is 47.1 Å². The van der Waals surface area contributed by atoms with E-state index >= 15 is 0 Å². The van der Waals surface area contributed by atoms with E-state index in [1.807, 2.05) is 6.92 Å². The second-order valence-electron chi connectivity index (χ2n) is 7.33. The molecule has 0 aromatic heterocycles. The maximum absolute atomic E-state index is 12.4. The second-order valence-corrected chi connectivity index (χ2v) is 7.33. The van der Waals surface area contributed by atoms with E-state index in [1.54, 1.807) is 0 Å². The minimum Gasteiger partial charge on any atom is -0.449 e. The van der Waals surface area contributed by atoms with Gasteiger partial charge in [-0.2, -0.15) is 0 Å². The summed E-state index contributed by atoms with van der Waals surface area (Å²) in [5, 5.41) is 0. The van der Waals surface area contributed by atoms with Crippen LogP contribution in [0.2, 0.25) is 0 Å². The summed E-state index contributed by atoms with van der Waals surface area (Å²) >= 11 is 0. The van der Waals surface area contributed by atoms with E-state index in [9.17, 15) is 4.79 Å². The first-order valence-electron chi connectivity index (χ1n) is 8.65. The van der Waals surface area contributed by atoms with Crippen LogP contribution in [0.4, 0.5) is 0 Å². The third-order valence-electron chi connectivity index (χ3n) is 5.90. The molecule has 0 bridgehead atoms. The van der Waals surface area contributed by atoms with Gasteiger partial charge in [-0.25, -0.2) is 0 Å². The molecule has 2 aromatic rings. The highest BCUT2D eigenvalue weighted by molar-refractivity contribution is 5.77. The predicted octanol–water partition coefficient (Wildman–Crippen LogP) is 4.99. The Labute approximate surface area is 144 Å². The lowest BCUT2D eigenvalue weighted by Gasteiger charge is -2.34. The lowest BCUT2D eigenvalue weighted by atomic mass is 9.73. The van der Waals surface area contributed by atoms with Gasteiger partial charge in [0, 0.05) is 17.0 Å². The Morgan fingerprint density at radius 2 is 1.25 bits per heavy atom. The van der Waals surface area contributed by atoms with Gasteiger partial charge in [0.1, 0.15) is 0 Å². The number of aryl methyl sites for hydroxylation is 4. The first-order valence-corrected chi connectivity index (χ1v) is 8.65. The molecule has 2 unspecified atom stereocenters. The summed E-state index contributed by atoms with van der Waals surface area (Å²) in [6.07, 6.45) is 0. The lowest BCUT2D eigenvalue weighted by Crippen LogP contribution is -2.34. The summed E-state index contributed by atoms with van der Waals surface area (Å²) in [6.45, 7) is 12.5. The van der Waals surface area contributed by atoms with Crippen LogP contribution in [0.25, 0.3) is 0 Å². The molecule has 1 heterocycles. The van der Waals surface area contributed by atoms with Crippen LogP contribution in [-0.2, 0) is 15.1 Å². The molecule has 24 heavy (non-hydrogen) atoms. The van der Waals surface area contributed by atoms with Crippen molar-refractivity contribution in [3.05, 3.63) is 69.8 Å². The lowest BCUT2D eigenvalue weighted by molar-refractivity contribution is -0.148. The minimum atomic E-state index is -0.701. The predicted molar refractivity (Wildman–Crippen MR) is 97.0 cm³/mol. The molecule has 3 rings (SSSR count). The third-order valence-corrected chi connectivity index (χ3v) is 5.90. The van der Waals surface area contributed by atoms with Gasteiger partial charge in [0.05, 0.1) is 5.92 Å². The van der Waals surface area contributed by atoms with E-state index in [0.717, 1.165) is 11.1 Å². The van der Waals surface area contributed by atoms with Crippen molar-refractivity contribution in [1.29, 1.82) is 0 Å². The van der Waals surface area contributed by atoms with Gasteiger partial charge < -0.3 is 4.74 Å². The number of cyclic esters (lactones) is 1. The van der Waals surface area contributed by atoms with Crippen LogP contribution in [-0.4, -0.2) is 5.97 Å². The molecule has 1 aliphatic rings. The van der Waals surface area contributed by atoms with Crippen molar-refractivity contribution in [3.63, 3.8) is 0 Å². The zero-order valence-electron chi connectivity index (χ0n) is 15.4. The Morgan fingerprint density at radius 1 is 0.792 bits per heavy atom. The van der Waals surface area contributed by atoms with Crippen LogP contribution in [0, 0.1) is 39.5 Å². The average Bonchev–Trinajstić information content (AvgIpc) is 2.78. The van der Waals surface area contributed by atoms with Gasteiger partial charge in [-0.3, -0.25) is 4.79 Å². The molecular weight excluding hydrogens is 296 g/mol. The maximum atomic E-state index is 12.4. The molecule has 2 nitrogen and oxygen atoms in total. The van der Waals surface area contributed by atoms with Gasteiger partial charge in [0.25, 0.3) is 0 Å². The molecule has 2 heteroatoms. The fourth-order valence-electron chi connectivity index (χ4n) is 3.66. The van der Waals surface area contributed by atoms with Crippen LogP contribution in [0.3, 0.4) is 0 Å². The molecule has 126 valence electrons. The third kappa shape index (κ3) is 2.36. The molecule has 0 spiro atoms. The molecular formula is C22H26O2. The Balaban J connectivity index is 2.27. The van der Waals surface area contributed by atoms with Crippen LogP contribution in [0.15, 0.2) is 36.4 Å². The summed E-state index contributed by atoms with van der Waals surface area (Å²) in [5.41, 5.74) is 6.38. The highest BCUT2D eigenvalue weighted by Crippen LogP contribution is 2.49. The molecule has 0 amide bonds. The number of hydrogen-bond donors (Lipinski definition) is 0. The molecule has 0 aliphatic carbocycles. The van der Waals surface area contributed by atoms with Gasteiger partial charge in [-0.1, -0.05) is 50.2 Å². The number of carbonyl (C=O) groups is 1. The van der Waals surface area contributed by atoms with E-state index < -0.39 is 5.60 Å². The van der Waals surface area contributed by atoms with Crippen molar-refractivity contribution in [3.8, 4) is 0 Å². The fraction of sp³-hybridized carbons (Fsp3) is 0.409. The van der Waals surface area contributed by atoms with Crippen molar-refractivity contribution in [2.24, 2.45) is 11.8 Å². The molecule has 0 saturated carbocycles. The van der Waals surface area contributed by atoms with Gasteiger partial charge in [0.15, 0.2) is 5.60 Å². The first-order chi connectivity index (χ1) is 11.3. The summed E-state index contributed by atoms with van der Waals surface area (Å²) in [6, 6.07) is 12.8. The summed E-state index contributed by atoms with van der Waals surface area (Å²) in [4.78, 5) is 12.4. The topological polar surface area (TPSA) is 26.3 Å². The van der Waals surface area contributed by atoms with Crippen molar-refractivity contribution < 1.29 is 9.53 Å². The molecule has 1 aliphatic heterocycles. The highest BCUT2D eigenvalue weighted by Gasteiger charge is 2.53. The number of ether oxygens (including phenoxy) is 1. The van der Waals surface area contributed by atoms with Crippen molar-refractivity contribution >= 4 is 5.97 Å². The molecule has 0 radical (unpaired) electrons. The zero-order chi connectivity index (χ0) is 17.6. The average molecular weight is 322 g/mol. The Bertz CT molecular complexity index is 752. The Kier molecular flexibility index (Phi) is 4.03. The fourth-order valence-corrected chi connectivity index (χ4v) is 3.66. The summed E-state index contributed by atoms with van der Waals surface area (Å²) in [5.74, 6) is -0.151. The summed E-state index contributed by atoms with van der Waals surface area (Å²) in [7, 11) is 0. The van der Waals surface area contributed by atoms with E-state index in [4.69, 9.17) is 4.74 Å². The van der Waals surface area contributed by atoms with Gasteiger partial charge in [0.2, 0.25) is 0 Å². The molecule has 2 aromatic carbocycles. The minimum absolute atomic E-state index is 0.0780. The van der Waals surface area contributed by atoms with Gasteiger partial charge in [-0.05, 0) is 49.9 Å². The zero-order valence-corrected chi connectivity index (χ0v) is 15.4. The SMILES string of the molecule is Cc1ccc(C2(c3ccc(C)c(C)c3)OC(=O)C(C)C2C)cc1C. The number of esters is 1. The van der Waals surface area contributed by atoms with Gasteiger partial charge in [-0.15, -0.1) is 0 Å². The normalized spacial score (nSPS) is 22.5. The smallest absolute Gasteiger partial charge is 0.310 e. The van der Waals surface area contributed by atoms with E-state index in [2.05, 4.69) is 71.0 Å². The Hall–Kier alpha value is -2.09. The van der Waals surface area contributed by atoms with E-state index in [1.165, 1.54) is 22.3 Å². The summed E-state index contributed by atoms with van der Waals surface area (Å²) < 4.78 is 6.10.